The second-order valence-electron chi connectivity index (χ2n) is 5.55. The highest BCUT2D eigenvalue weighted by molar-refractivity contribution is 5.30. The van der Waals surface area contributed by atoms with Gasteiger partial charge in [-0.25, -0.2) is 0 Å². The normalized spacial score (nSPS) is 25.2. The van der Waals surface area contributed by atoms with Crippen LogP contribution in [0.3, 0.4) is 0 Å². The fourth-order valence-electron chi connectivity index (χ4n) is 3.27. The fraction of sp³-hybridized carbons (Fsp3) is 0.625. The summed E-state index contributed by atoms with van der Waals surface area (Å²) < 4.78 is 5.34. The summed E-state index contributed by atoms with van der Waals surface area (Å²) in [6, 6.07) is 9.06. The summed E-state index contributed by atoms with van der Waals surface area (Å²) in [6.45, 7) is 2.59. The van der Waals surface area contributed by atoms with Gasteiger partial charge in [-0.05, 0) is 50.0 Å². The Morgan fingerprint density at radius 1 is 1.32 bits per heavy atom. The Hall–Kier alpha value is -0.900. The van der Waals surface area contributed by atoms with Crippen LogP contribution < -0.4 is 5.73 Å². The van der Waals surface area contributed by atoms with Crippen molar-refractivity contribution >= 4 is 0 Å². The molecule has 1 aliphatic rings. The Balaban J connectivity index is 2.34. The number of nitrogens with two attached hydrogens (primary N) is 1. The Labute approximate surface area is 116 Å². The maximum absolute atomic E-state index is 6.03. The van der Waals surface area contributed by atoms with E-state index in [2.05, 4.69) is 36.2 Å². The number of benzene rings is 1. The average molecular weight is 262 g/mol. The van der Waals surface area contributed by atoms with E-state index < -0.39 is 0 Å². The number of rotatable bonds is 4. The van der Waals surface area contributed by atoms with Gasteiger partial charge in [0, 0.05) is 13.2 Å². The quantitative estimate of drug-likeness (QED) is 0.906. The lowest BCUT2D eigenvalue weighted by molar-refractivity contribution is 0.171. The average Bonchev–Trinajstić information content (AvgIpc) is 2.61. The van der Waals surface area contributed by atoms with E-state index in [1.165, 1.54) is 30.4 Å². The molecule has 1 aliphatic heterocycles. The molecule has 3 nitrogen and oxygen atoms in total. The largest absolute Gasteiger partial charge is 0.380 e. The molecule has 1 aromatic rings. The van der Waals surface area contributed by atoms with Gasteiger partial charge in [0.25, 0.3) is 0 Å². The minimum atomic E-state index is 0.429. The second kappa shape index (κ2) is 7.04. The molecular weight excluding hydrogens is 236 g/mol. The molecule has 3 heteroatoms. The van der Waals surface area contributed by atoms with Crippen molar-refractivity contribution in [1.29, 1.82) is 0 Å². The molecule has 0 spiro atoms. The van der Waals surface area contributed by atoms with Gasteiger partial charge < -0.3 is 10.5 Å². The van der Waals surface area contributed by atoms with Crippen molar-refractivity contribution in [2.24, 2.45) is 11.7 Å². The monoisotopic (exact) mass is 262 g/mol. The van der Waals surface area contributed by atoms with E-state index in [1.807, 2.05) is 0 Å². The Kier molecular flexibility index (Phi) is 5.37. The Morgan fingerprint density at radius 2 is 2.11 bits per heavy atom. The summed E-state index contributed by atoms with van der Waals surface area (Å²) in [6.07, 6.45) is 3.79. The molecule has 2 atom stereocenters. The first-order valence-electron chi connectivity index (χ1n) is 7.25. The smallest absolute Gasteiger partial charge is 0.0716 e. The van der Waals surface area contributed by atoms with Gasteiger partial charge >= 0.3 is 0 Å². The minimum Gasteiger partial charge on any atom is -0.380 e. The van der Waals surface area contributed by atoms with Crippen molar-refractivity contribution in [3.8, 4) is 0 Å². The van der Waals surface area contributed by atoms with Crippen molar-refractivity contribution in [3.05, 3.63) is 35.4 Å². The fourth-order valence-corrected chi connectivity index (χ4v) is 3.27. The summed E-state index contributed by atoms with van der Waals surface area (Å²) in [5.74, 6) is 0.547. The number of ether oxygens (including phenoxy) is 1. The van der Waals surface area contributed by atoms with E-state index in [4.69, 9.17) is 10.5 Å². The second-order valence-corrected chi connectivity index (χ2v) is 5.55. The summed E-state index contributed by atoms with van der Waals surface area (Å²) >= 11 is 0. The zero-order chi connectivity index (χ0) is 13.7. The lowest BCUT2D eigenvalue weighted by atomic mass is 9.87. The van der Waals surface area contributed by atoms with Gasteiger partial charge in [0.05, 0.1) is 6.61 Å². The summed E-state index contributed by atoms with van der Waals surface area (Å²) in [5, 5.41) is 0. The molecule has 2 rings (SSSR count). The zero-order valence-corrected chi connectivity index (χ0v) is 12.1. The first-order valence-corrected chi connectivity index (χ1v) is 7.25. The molecule has 19 heavy (non-hydrogen) atoms. The molecule has 106 valence electrons. The van der Waals surface area contributed by atoms with Gasteiger partial charge in [-0.3, -0.25) is 4.90 Å². The van der Waals surface area contributed by atoms with Gasteiger partial charge in [-0.2, -0.15) is 0 Å². The minimum absolute atomic E-state index is 0.429. The Morgan fingerprint density at radius 3 is 2.84 bits per heavy atom. The van der Waals surface area contributed by atoms with Crippen molar-refractivity contribution in [2.75, 3.05) is 27.2 Å². The molecule has 0 saturated carbocycles. The number of hydrogen-bond acceptors (Lipinski definition) is 3. The van der Waals surface area contributed by atoms with E-state index in [0.717, 1.165) is 13.1 Å². The molecule has 0 radical (unpaired) electrons. The lowest BCUT2D eigenvalue weighted by Crippen LogP contribution is -2.33. The van der Waals surface area contributed by atoms with E-state index >= 15 is 0 Å². The van der Waals surface area contributed by atoms with E-state index in [0.29, 0.717) is 18.6 Å². The third kappa shape index (κ3) is 3.35. The molecule has 1 fully saturated rings. The Bertz CT molecular complexity index is 394. The highest BCUT2D eigenvalue weighted by Gasteiger charge is 2.29. The first kappa shape index (κ1) is 14.5. The van der Waals surface area contributed by atoms with Crippen LogP contribution in [-0.4, -0.2) is 32.1 Å². The third-order valence-electron chi connectivity index (χ3n) is 4.23. The van der Waals surface area contributed by atoms with Gasteiger partial charge in [-0.1, -0.05) is 30.7 Å². The topological polar surface area (TPSA) is 38.5 Å². The molecule has 0 aromatic heterocycles. The van der Waals surface area contributed by atoms with Crippen LogP contribution in [0.15, 0.2) is 24.3 Å². The predicted molar refractivity (Wildman–Crippen MR) is 78.9 cm³/mol. The highest BCUT2D eigenvalue weighted by Crippen LogP contribution is 2.35. The van der Waals surface area contributed by atoms with Crippen molar-refractivity contribution in [1.82, 2.24) is 4.90 Å². The zero-order valence-electron chi connectivity index (χ0n) is 12.1. The van der Waals surface area contributed by atoms with Crippen LogP contribution in [0.1, 0.15) is 36.4 Å². The van der Waals surface area contributed by atoms with E-state index in [1.54, 1.807) is 7.11 Å². The van der Waals surface area contributed by atoms with Crippen LogP contribution in [0.5, 0.6) is 0 Å². The van der Waals surface area contributed by atoms with Crippen LogP contribution in [0.2, 0.25) is 0 Å². The first-order chi connectivity index (χ1) is 9.27. The molecular formula is C16H26N2O. The van der Waals surface area contributed by atoms with Crippen molar-refractivity contribution in [3.63, 3.8) is 0 Å². The summed E-state index contributed by atoms with van der Waals surface area (Å²) in [7, 11) is 3.98. The molecule has 0 amide bonds. The van der Waals surface area contributed by atoms with Gasteiger partial charge in [0.15, 0.2) is 0 Å². The number of nitrogens with zero attached hydrogens (tertiary/aromatic N) is 1. The number of likely N-dealkylation sites (tertiary alicyclic amines) is 1. The molecule has 1 heterocycles. The maximum Gasteiger partial charge on any atom is 0.0716 e. The van der Waals surface area contributed by atoms with Gasteiger partial charge in [0.2, 0.25) is 0 Å². The van der Waals surface area contributed by atoms with Crippen LogP contribution in [-0.2, 0) is 11.3 Å². The third-order valence-corrected chi connectivity index (χ3v) is 4.23. The standard InChI is InChI=1S/C16H26N2O/c1-18-10-6-5-7-13(11-17)16(18)15-9-4-3-8-14(15)12-19-2/h3-4,8-9,13,16H,5-7,10-12,17H2,1-2H3. The van der Waals surface area contributed by atoms with Gasteiger partial charge in [0.1, 0.15) is 0 Å². The molecule has 1 saturated heterocycles. The van der Waals surface area contributed by atoms with Gasteiger partial charge in [-0.15, -0.1) is 0 Å². The van der Waals surface area contributed by atoms with Crippen molar-refractivity contribution in [2.45, 2.75) is 31.9 Å². The molecule has 0 aliphatic carbocycles. The SMILES string of the molecule is COCc1ccccc1C1C(CN)CCCCN1C. The molecule has 1 aromatic carbocycles. The van der Waals surface area contributed by atoms with Crippen LogP contribution in [0.4, 0.5) is 0 Å². The van der Waals surface area contributed by atoms with Crippen LogP contribution in [0, 0.1) is 5.92 Å². The number of methoxy groups -OCH3 is 1. The van der Waals surface area contributed by atoms with E-state index in [-0.39, 0.29) is 0 Å². The molecule has 0 bridgehead atoms. The maximum atomic E-state index is 6.03. The van der Waals surface area contributed by atoms with Crippen LogP contribution >= 0.6 is 0 Å². The molecule has 2 unspecified atom stereocenters. The van der Waals surface area contributed by atoms with E-state index in [9.17, 15) is 0 Å². The summed E-state index contributed by atoms with van der Waals surface area (Å²) in [5.41, 5.74) is 8.72. The molecule has 2 N–H and O–H groups in total. The predicted octanol–water partition coefficient (Wildman–Crippen LogP) is 2.56. The summed E-state index contributed by atoms with van der Waals surface area (Å²) in [4.78, 5) is 2.47. The van der Waals surface area contributed by atoms with Crippen LogP contribution in [0.25, 0.3) is 0 Å². The van der Waals surface area contributed by atoms with Crippen molar-refractivity contribution < 1.29 is 4.74 Å². The highest BCUT2D eigenvalue weighted by atomic mass is 16.5. The number of hydrogen-bond donors (Lipinski definition) is 1. The lowest BCUT2D eigenvalue weighted by Gasteiger charge is -2.33.